The summed E-state index contributed by atoms with van der Waals surface area (Å²) in [5, 5.41) is 2.93. The Kier molecular flexibility index (Phi) is 4.44. The van der Waals surface area contributed by atoms with Crippen molar-refractivity contribution in [1.82, 2.24) is 4.90 Å². The molecule has 21 heavy (non-hydrogen) atoms. The van der Waals surface area contributed by atoms with E-state index in [4.69, 9.17) is 5.73 Å². The second kappa shape index (κ2) is 6.48. The number of nitrogens with two attached hydrogens (primary N) is 1. The van der Waals surface area contributed by atoms with Crippen LogP contribution in [0.25, 0.3) is 0 Å². The van der Waals surface area contributed by atoms with Gasteiger partial charge in [-0.3, -0.25) is 4.79 Å². The highest BCUT2D eigenvalue weighted by Gasteiger charge is 2.29. The molecule has 0 aromatic heterocycles. The molecule has 1 aromatic carbocycles. The van der Waals surface area contributed by atoms with Gasteiger partial charge < -0.3 is 16.0 Å². The SMILES string of the molecule is Nc1cccc(NC(=O)CCN(CC2CC2)CC2CC2)c1. The molecular formula is C17H25N3O. The van der Waals surface area contributed by atoms with Crippen LogP contribution in [0.2, 0.25) is 0 Å². The molecule has 0 spiro atoms. The molecule has 2 saturated carbocycles. The minimum atomic E-state index is 0.0807. The predicted molar refractivity (Wildman–Crippen MR) is 86.0 cm³/mol. The van der Waals surface area contributed by atoms with E-state index in [1.54, 1.807) is 6.07 Å². The molecular weight excluding hydrogens is 262 g/mol. The highest BCUT2D eigenvalue weighted by molar-refractivity contribution is 5.91. The lowest BCUT2D eigenvalue weighted by Gasteiger charge is -2.21. The second-order valence-corrected chi connectivity index (χ2v) is 6.57. The molecule has 0 aliphatic heterocycles. The zero-order valence-corrected chi connectivity index (χ0v) is 12.6. The van der Waals surface area contributed by atoms with Crippen molar-refractivity contribution in [2.24, 2.45) is 11.8 Å². The summed E-state index contributed by atoms with van der Waals surface area (Å²) in [7, 11) is 0. The topological polar surface area (TPSA) is 58.4 Å². The molecule has 0 heterocycles. The number of hydrogen-bond acceptors (Lipinski definition) is 3. The average Bonchev–Trinajstić information content (AvgIpc) is 3.32. The minimum absolute atomic E-state index is 0.0807. The van der Waals surface area contributed by atoms with Crippen LogP contribution in [0, 0.1) is 11.8 Å². The minimum Gasteiger partial charge on any atom is -0.399 e. The highest BCUT2D eigenvalue weighted by Crippen LogP contribution is 2.33. The van der Waals surface area contributed by atoms with Crippen molar-refractivity contribution >= 4 is 17.3 Å². The molecule has 1 aromatic rings. The number of nitrogens with zero attached hydrogens (tertiary/aromatic N) is 1. The van der Waals surface area contributed by atoms with Gasteiger partial charge in [0.25, 0.3) is 0 Å². The maximum atomic E-state index is 12.1. The van der Waals surface area contributed by atoms with Gasteiger partial charge in [-0.2, -0.15) is 0 Å². The number of amides is 1. The molecule has 3 rings (SSSR count). The Morgan fingerprint density at radius 1 is 1.19 bits per heavy atom. The number of rotatable bonds is 8. The number of nitrogens with one attached hydrogen (secondary N) is 1. The van der Waals surface area contributed by atoms with Gasteiger partial charge >= 0.3 is 0 Å². The number of nitrogen functional groups attached to an aromatic ring is 1. The van der Waals surface area contributed by atoms with Crippen molar-refractivity contribution in [2.75, 3.05) is 30.7 Å². The van der Waals surface area contributed by atoms with Crippen LogP contribution in [0.3, 0.4) is 0 Å². The number of carbonyl (C=O) groups excluding carboxylic acids is 1. The molecule has 4 nitrogen and oxygen atoms in total. The predicted octanol–water partition coefficient (Wildman–Crippen LogP) is 2.72. The molecule has 3 N–H and O–H groups in total. The van der Waals surface area contributed by atoms with Crippen molar-refractivity contribution in [3.8, 4) is 0 Å². The lowest BCUT2D eigenvalue weighted by Crippen LogP contribution is -2.31. The van der Waals surface area contributed by atoms with E-state index in [1.165, 1.54) is 38.8 Å². The van der Waals surface area contributed by atoms with Crippen LogP contribution in [0.5, 0.6) is 0 Å². The molecule has 114 valence electrons. The molecule has 1 amide bonds. The zero-order chi connectivity index (χ0) is 14.7. The fourth-order valence-corrected chi connectivity index (χ4v) is 2.69. The van der Waals surface area contributed by atoms with E-state index >= 15 is 0 Å². The molecule has 4 heteroatoms. The second-order valence-electron chi connectivity index (χ2n) is 6.57. The van der Waals surface area contributed by atoms with Gasteiger partial charge in [0.2, 0.25) is 5.91 Å². The maximum Gasteiger partial charge on any atom is 0.225 e. The van der Waals surface area contributed by atoms with E-state index in [0.717, 1.165) is 24.1 Å². The van der Waals surface area contributed by atoms with Crippen molar-refractivity contribution < 1.29 is 4.79 Å². The van der Waals surface area contributed by atoms with Crippen LogP contribution in [0.4, 0.5) is 11.4 Å². The summed E-state index contributed by atoms with van der Waals surface area (Å²) in [5.74, 6) is 1.86. The summed E-state index contributed by atoms with van der Waals surface area (Å²) in [6, 6.07) is 7.35. The van der Waals surface area contributed by atoms with Crippen LogP contribution in [-0.4, -0.2) is 30.4 Å². The van der Waals surface area contributed by atoms with Gasteiger partial charge in [0.1, 0.15) is 0 Å². The molecule has 0 unspecified atom stereocenters. The van der Waals surface area contributed by atoms with Gasteiger partial charge in [0.05, 0.1) is 0 Å². The summed E-state index contributed by atoms with van der Waals surface area (Å²) in [6.45, 7) is 3.24. The lowest BCUT2D eigenvalue weighted by molar-refractivity contribution is -0.116. The lowest BCUT2D eigenvalue weighted by atomic mass is 10.2. The van der Waals surface area contributed by atoms with Gasteiger partial charge in [-0.1, -0.05) is 6.07 Å². The summed E-state index contributed by atoms with van der Waals surface area (Å²) >= 11 is 0. The van der Waals surface area contributed by atoms with Gasteiger partial charge in [-0.05, 0) is 55.7 Å². The Bertz CT molecular complexity index is 481. The molecule has 2 aliphatic rings. The number of carbonyl (C=O) groups is 1. The smallest absolute Gasteiger partial charge is 0.225 e. The summed E-state index contributed by atoms with van der Waals surface area (Å²) < 4.78 is 0. The standard InChI is InChI=1S/C17H25N3O/c18-15-2-1-3-16(10-15)19-17(21)8-9-20(11-13-4-5-13)12-14-6-7-14/h1-3,10,13-14H,4-9,11-12,18H2,(H,19,21). The summed E-state index contributed by atoms with van der Waals surface area (Å²) in [6.07, 6.45) is 6.05. The third kappa shape index (κ3) is 5.05. The van der Waals surface area contributed by atoms with Crippen LogP contribution in [0.1, 0.15) is 32.1 Å². The van der Waals surface area contributed by atoms with Crippen molar-refractivity contribution in [1.29, 1.82) is 0 Å². The first-order valence-electron chi connectivity index (χ1n) is 8.07. The Labute approximate surface area is 126 Å². The molecule has 0 radical (unpaired) electrons. The normalized spacial score (nSPS) is 18.0. The summed E-state index contributed by atoms with van der Waals surface area (Å²) in [4.78, 5) is 14.5. The fourth-order valence-electron chi connectivity index (χ4n) is 2.69. The maximum absolute atomic E-state index is 12.1. The van der Waals surface area contributed by atoms with Gasteiger partial charge in [0, 0.05) is 37.4 Å². The third-order valence-electron chi connectivity index (χ3n) is 4.25. The van der Waals surface area contributed by atoms with Crippen LogP contribution < -0.4 is 11.1 Å². The summed E-state index contributed by atoms with van der Waals surface area (Å²) in [5.41, 5.74) is 7.19. The van der Waals surface area contributed by atoms with E-state index in [1.807, 2.05) is 18.2 Å². The van der Waals surface area contributed by atoms with Gasteiger partial charge in [-0.25, -0.2) is 0 Å². The first-order valence-corrected chi connectivity index (χ1v) is 8.07. The Balaban J connectivity index is 1.44. The van der Waals surface area contributed by atoms with Crippen molar-refractivity contribution in [3.05, 3.63) is 24.3 Å². The Morgan fingerprint density at radius 3 is 2.43 bits per heavy atom. The monoisotopic (exact) mass is 287 g/mol. The fraction of sp³-hybridized carbons (Fsp3) is 0.588. The number of hydrogen-bond donors (Lipinski definition) is 2. The van der Waals surface area contributed by atoms with Crippen LogP contribution >= 0.6 is 0 Å². The van der Waals surface area contributed by atoms with E-state index in [2.05, 4.69) is 10.2 Å². The first-order chi connectivity index (χ1) is 10.2. The van der Waals surface area contributed by atoms with E-state index in [0.29, 0.717) is 12.1 Å². The average molecular weight is 287 g/mol. The third-order valence-corrected chi connectivity index (χ3v) is 4.25. The Hall–Kier alpha value is -1.55. The molecule has 2 fully saturated rings. The van der Waals surface area contributed by atoms with Crippen LogP contribution in [-0.2, 0) is 4.79 Å². The van der Waals surface area contributed by atoms with Crippen molar-refractivity contribution in [3.63, 3.8) is 0 Å². The number of anilines is 2. The zero-order valence-electron chi connectivity index (χ0n) is 12.6. The first kappa shape index (κ1) is 14.4. The van der Waals surface area contributed by atoms with Crippen LogP contribution in [0.15, 0.2) is 24.3 Å². The highest BCUT2D eigenvalue weighted by atomic mass is 16.1. The Morgan fingerprint density at radius 2 is 1.86 bits per heavy atom. The van der Waals surface area contributed by atoms with E-state index in [-0.39, 0.29) is 5.91 Å². The largest absolute Gasteiger partial charge is 0.399 e. The quantitative estimate of drug-likeness (QED) is 0.723. The van der Waals surface area contributed by atoms with E-state index < -0.39 is 0 Å². The molecule has 2 aliphatic carbocycles. The van der Waals surface area contributed by atoms with E-state index in [9.17, 15) is 4.79 Å². The number of benzene rings is 1. The molecule has 0 atom stereocenters. The van der Waals surface area contributed by atoms with Crippen molar-refractivity contribution in [2.45, 2.75) is 32.1 Å². The molecule has 0 bridgehead atoms. The molecule has 0 saturated heterocycles. The van der Waals surface area contributed by atoms with Gasteiger partial charge in [0.15, 0.2) is 0 Å². The van der Waals surface area contributed by atoms with Gasteiger partial charge in [-0.15, -0.1) is 0 Å².